The third kappa shape index (κ3) is 6.38. The number of benzene rings is 2. The monoisotopic (exact) mass is 476 g/mol. The van der Waals surface area contributed by atoms with Crippen molar-refractivity contribution in [3.05, 3.63) is 65.7 Å². The number of amides is 2. The van der Waals surface area contributed by atoms with Crippen LogP contribution >= 0.6 is 11.3 Å². The highest BCUT2D eigenvalue weighted by Crippen LogP contribution is 2.30. The van der Waals surface area contributed by atoms with E-state index in [0.717, 1.165) is 17.7 Å². The molecule has 10 heteroatoms. The summed E-state index contributed by atoms with van der Waals surface area (Å²) in [7, 11) is 0. The van der Waals surface area contributed by atoms with Crippen molar-refractivity contribution in [1.29, 1.82) is 0 Å². The zero-order valence-electron chi connectivity index (χ0n) is 18.1. The average Bonchev–Trinajstić information content (AvgIpc) is 3.27. The van der Waals surface area contributed by atoms with Gasteiger partial charge in [0.1, 0.15) is 5.01 Å². The zero-order valence-corrected chi connectivity index (χ0v) is 18.9. The second kappa shape index (κ2) is 10.6. The first kappa shape index (κ1) is 24.4. The van der Waals surface area contributed by atoms with E-state index in [2.05, 4.69) is 15.5 Å². The summed E-state index contributed by atoms with van der Waals surface area (Å²) < 4.78 is 39.1. The van der Waals surface area contributed by atoms with Crippen LogP contribution in [-0.2, 0) is 11.0 Å². The van der Waals surface area contributed by atoms with Crippen LogP contribution in [0.3, 0.4) is 0 Å². The largest absolute Gasteiger partial charge is 0.416 e. The van der Waals surface area contributed by atoms with Gasteiger partial charge in [0, 0.05) is 30.1 Å². The lowest BCUT2D eigenvalue weighted by molar-refractivity contribution is -0.137. The van der Waals surface area contributed by atoms with E-state index in [1.165, 1.54) is 28.4 Å². The molecule has 0 bridgehead atoms. The summed E-state index contributed by atoms with van der Waals surface area (Å²) in [5.41, 5.74) is -0.0760. The van der Waals surface area contributed by atoms with Gasteiger partial charge in [-0.15, -0.1) is 10.2 Å². The van der Waals surface area contributed by atoms with Crippen molar-refractivity contribution in [3.63, 3.8) is 0 Å². The Balaban J connectivity index is 1.66. The van der Waals surface area contributed by atoms with Crippen LogP contribution in [0, 0.1) is 0 Å². The molecule has 2 aromatic carbocycles. The molecule has 0 aliphatic heterocycles. The van der Waals surface area contributed by atoms with Crippen LogP contribution in [0.1, 0.15) is 42.6 Å². The number of anilines is 1. The summed E-state index contributed by atoms with van der Waals surface area (Å²) in [5, 5.41) is 11.7. The number of carbonyl (C=O) groups excluding carboxylic acids is 2. The van der Waals surface area contributed by atoms with Gasteiger partial charge in [-0.05, 0) is 31.5 Å². The molecule has 0 fully saturated rings. The molecule has 2 amide bonds. The number of alkyl halides is 3. The summed E-state index contributed by atoms with van der Waals surface area (Å²) in [5.74, 6) is -0.915. The summed E-state index contributed by atoms with van der Waals surface area (Å²) in [6.07, 6.45) is -3.99. The SMILES string of the molecule is CCC(C)N(CCC(=O)Nc1nnc(-c2ccccc2)s1)C(=O)c1cccc(C(F)(F)F)c1. The smallest absolute Gasteiger partial charge is 0.335 e. The third-order valence-electron chi connectivity index (χ3n) is 5.09. The van der Waals surface area contributed by atoms with Gasteiger partial charge in [-0.1, -0.05) is 54.7 Å². The second-order valence-electron chi connectivity index (χ2n) is 7.41. The Morgan fingerprint density at radius 2 is 1.82 bits per heavy atom. The molecule has 1 heterocycles. The summed E-state index contributed by atoms with van der Waals surface area (Å²) in [4.78, 5) is 26.8. The first-order valence-electron chi connectivity index (χ1n) is 10.4. The number of nitrogens with zero attached hydrogens (tertiary/aromatic N) is 3. The Morgan fingerprint density at radius 1 is 1.09 bits per heavy atom. The van der Waals surface area contributed by atoms with Crippen molar-refractivity contribution in [2.45, 2.75) is 38.9 Å². The fourth-order valence-electron chi connectivity index (χ4n) is 3.11. The Labute approximate surface area is 193 Å². The average molecular weight is 477 g/mol. The first-order valence-corrected chi connectivity index (χ1v) is 11.2. The quantitative estimate of drug-likeness (QED) is 0.466. The van der Waals surface area contributed by atoms with Crippen LogP contribution in [0.25, 0.3) is 10.6 Å². The maximum absolute atomic E-state index is 13.0. The van der Waals surface area contributed by atoms with E-state index >= 15 is 0 Å². The molecule has 3 rings (SSSR count). The lowest BCUT2D eigenvalue weighted by Crippen LogP contribution is -2.40. The topological polar surface area (TPSA) is 75.2 Å². The molecule has 0 radical (unpaired) electrons. The minimum atomic E-state index is -4.54. The minimum Gasteiger partial charge on any atom is -0.335 e. The second-order valence-corrected chi connectivity index (χ2v) is 8.39. The van der Waals surface area contributed by atoms with E-state index in [9.17, 15) is 22.8 Å². The molecule has 0 saturated heterocycles. The molecule has 1 N–H and O–H groups in total. The molecule has 1 aromatic heterocycles. The van der Waals surface area contributed by atoms with E-state index in [1.54, 1.807) is 6.92 Å². The number of nitrogens with one attached hydrogen (secondary N) is 1. The molecule has 0 aliphatic rings. The van der Waals surface area contributed by atoms with E-state index in [-0.39, 0.29) is 30.5 Å². The Kier molecular flexibility index (Phi) is 7.80. The predicted octanol–water partition coefficient (Wildman–Crippen LogP) is 5.49. The van der Waals surface area contributed by atoms with E-state index in [4.69, 9.17) is 0 Å². The Bertz CT molecular complexity index is 1100. The third-order valence-corrected chi connectivity index (χ3v) is 5.98. The Morgan fingerprint density at radius 3 is 2.48 bits per heavy atom. The van der Waals surface area contributed by atoms with Gasteiger partial charge in [0.2, 0.25) is 11.0 Å². The number of halogens is 3. The van der Waals surface area contributed by atoms with Gasteiger partial charge >= 0.3 is 6.18 Å². The molecule has 174 valence electrons. The van der Waals surface area contributed by atoms with Crippen molar-refractivity contribution in [3.8, 4) is 10.6 Å². The number of carbonyl (C=O) groups is 2. The summed E-state index contributed by atoms with van der Waals surface area (Å²) in [6, 6.07) is 13.5. The normalized spacial score (nSPS) is 12.3. The van der Waals surface area contributed by atoms with E-state index in [1.807, 2.05) is 37.3 Å². The molecule has 33 heavy (non-hydrogen) atoms. The standard InChI is InChI=1S/C23H23F3N4O2S/c1-3-15(2)30(21(32)17-10-7-11-18(14-17)23(24,25)26)13-12-19(31)27-22-29-28-20(33-22)16-8-5-4-6-9-16/h4-11,14-15H,3,12-13H2,1-2H3,(H,27,29,31). The van der Waals surface area contributed by atoms with Crippen molar-refractivity contribution >= 4 is 28.3 Å². The fourth-order valence-corrected chi connectivity index (χ4v) is 3.88. The summed E-state index contributed by atoms with van der Waals surface area (Å²) in [6.45, 7) is 3.71. The highest BCUT2D eigenvalue weighted by Gasteiger charge is 2.31. The number of aromatic nitrogens is 2. The fraction of sp³-hybridized carbons (Fsp3) is 0.304. The van der Waals surface area contributed by atoms with Crippen LogP contribution in [0.4, 0.5) is 18.3 Å². The highest BCUT2D eigenvalue weighted by molar-refractivity contribution is 7.18. The Hall–Kier alpha value is -3.27. The van der Waals surface area contributed by atoms with Gasteiger partial charge in [0.25, 0.3) is 5.91 Å². The van der Waals surface area contributed by atoms with Gasteiger partial charge in [-0.25, -0.2) is 0 Å². The van der Waals surface area contributed by atoms with Gasteiger partial charge in [0.15, 0.2) is 0 Å². The van der Waals surface area contributed by atoms with E-state index < -0.39 is 17.6 Å². The molecule has 3 aromatic rings. The van der Waals surface area contributed by atoms with Crippen molar-refractivity contribution in [1.82, 2.24) is 15.1 Å². The maximum atomic E-state index is 13.0. The molecule has 1 unspecified atom stereocenters. The number of hydrogen-bond donors (Lipinski definition) is 1. The van der Waals surface area contributed by atoms with Crippen LogP contribution in [0.5, 0.6) is 0 Å². The van der Waals surface area contributed by atoms with Crippen LogP contribution in [0.2, 0.25) is 0 Å². The first-order chi connectivity index (χ1) is 15.7. The molecule has 1 atom stereocenters. The van der Waals surface area contributed by atoms with Crippen LogP contribution in [-0.4, -0.2) is 39.5 Å². The molecular weight excluding hydrogens is 453 g/mol. The minimum absolute atomic E-state index is 0.0324. The molecular formula is C23H23F3N4O2S. The van der Waals surface area contributed by atoms with Crippen molar-refractivity contribution < 1.29 is 22.8 Å². The number of hydrogen-bond acceptors (Lipinski definition) is 5. The van der Waals surface area contributed by atoms with Gasteiger partial charge < -0.3 is 10.2 Å². The number of rotatable bonds is 8. The predicted molar refractivity (Wildman–Crippen MR) is 121 cm³/mol. The van der Waals surface area contributed by atoms with Crippen molar-refractivity contribution in [2.75, 3.05) is 11.9 Å². The molecule has 6 nitrogen and oxygen atoms in total. The zero-order chi connectivity index (χ0) is 24.0. The lowest BCUT2D eigenvalue weighted by atomic mass is 10.1. The van der Waals surface area contributed by atoms with Crippen LogP contribution in [0.15, 0.2) is 54.6 Å². The summed E-state index contributed by atoms with van der Waals surface area (Å²) >= 11 is 1.23. The molecule has 0 spiro atoms. The lowest BCUT2D eigenvalue weighted by Gasteiger charge is -2.28. The van der Waals surface area contributed by atoms with Crippen molar-refractivity contribution in [2.24, 2.45) is 0 Å². The van der Waals surface area contributed by atoms with Gasteiger partial charge in [-0.2, -0.15) is 13.2 Å². The van der Waals surface area contributed by atoms with Gasteiger partial charge in [-0.3, -0.25) is 9.59 Å². The maximum Gasteiger partial charge on any atom is 0.416 e. The molecule has 0 aliphatic carbocycles. The van der Waals surface area contributed by atoms with E-state index in [0.29, 0.717) is 16.6 Å². The van der Waals surface area contributed by atoms with Crippen LogP contribution < -0.4 is 5.32 Å². The molecule has 0 saturated carbocycles. The van der Waals surface area contributed by atoms with Gasteiger partial charge in [0.05, 0.1) is 5.56 Å². The highest BCUT2D eigenvalue weighted by atomic mass is 32.1.